The van der Waals surface area contributed by atoms with E-state index >= 15 is 0 Å². The number of rotatable bonds is 5. The molecule has 0 saturated heterocycles. The molecule has 0 radical (unpaired) electrons. The molecular formula is C13H24O4. The Morgan fingerprint density at radius 1 is 1.18 bits per heavy atom. The first-order chi connectivity index (χ1) is 7.54. The van der Waals surface area contributed by atoms with Crippen LogP contribution in [-0.4, -0.2) is 22.6 Å². The molecule has 0 aromatic rings. The Labute approximate surface area is 103 Å². The van der Waals surface area contributed by atoms with Crippen LogP contribution >= 0.6 is 0 Å². The third-order valence-corrected chi connectivity index (χ3v) is 2.81. The molecule has 2 atom stereocenters. The van der Waals surface area contributed by atoms with E-state index in [1.54, 1.807) is 20.8 Å². The van der Waals surface area contributed by atoms with Crippen LogP contribution < -0.4 is 0 Å². The maximum atomic E-state index is 11.6. The van der Waals surface area contributed by atoms with E-state index in [4.69, 9.17) is 9.84 Å². The zero-order valence-corrected chi connectivity index (χ0v) is 11.6. The molecular weight excluding hydrogens is 220 g/mol. The predicted molar refractivity (Wildman–Crippen MR) is 65.6 cm³/mol. The van der Waals surface area contributed by atoms with Crippen molar-refractivity contribution in [3.63, 3.8) is 0 Å². The Bertz CT molecular complexity index is 276. The van der Waals surface area contributed by atoms with Gasteiger partial charge in [0.2, 0.25) is 0 Å². The van der Waals surface area contributed by atoms with Crippen LogP contribution in [-0.2, 0) is 14.3 Å². The molecule has 0 unspecified atom stereocenters. The normalized spacial score (nSPS) is 15.5. The van der Waals surface area contributed by atoms with Gasteiger partial charge in [-0.25, -0.2) is 0 Å². The minimum Gasteiger partial charge on any atom is -0.481 e. The average Bonchev–Trinajstić information content (AvgIpc) is 2.09. The van der Waals surface area contributed by atoms with Gasteiger partial charge in [-0.2, -0.15) is 0 Å². The Morgan fingerprint density at radius 2 is 1.65 bits per heavy atom. The summed E-state index contributed by atoms with van der Waals surface area (Å²) in [4.78, 5) is 22.8. The molecule has 0 heterocycles. The molecule has 100 valence electrons. The summed E-state index contributed by atoms with van der Waals surface area (Å²) >= 11 is 0. The number of carboxylic acids is 1. The first-order valence-electron chi connectivity index (χ1n) is 5.99. The van der Waals surface area contributed by atoms with Gasteiger partial charge in [0.1, 0.15) is 5.60 Å². The van der Waals surface area contributed by atoms with E-state index in [0.717, 1.165) is 0 Å². The van der Waals surface area contributed by atoms with Crippen LogP contribution in [0.3, 0.4) is 0 Å². The number of hydrogen-bond donors (Lipinski definition) is 1. The molecule has 0 aliphatic rings. The molecule has 0 rings (SSSR count). The highest BCUT2D eigenvalue weighted by Crippen LogP contribution is 2.25. The van der Waals surface area contributed by atoms with Crippen molar-refractivity contribution in [1.29, 1.82) is 0 Å². The first kappa shape index (κ1) is 15.9. The van der Waals surface area contributed by atoms with Crippen LogP contribution in [0.1, 0.15) is 48.0 Å². The second-order valence-corrected chi connectivity index (χ2v) is 5.84. The van der Waals surface area contributed by atoms with Crippen LogP contribution in [0.25, 0.3) is 0 Å². The van der Waals surface area contributed by atoms with Gasteiger partial charge in [0.05, 0.1) is 12.3 Å². The number of carboxylic acid groups (broad SMARTS) is 1. The number of esters is 1. The van der Waals surface area contributed by atoms with E-state index in [1.165, 1.54) is 0 Å². The molecule has 1 N–H and O–H groups in total. The smallest absolute Gasteiger partial charge is 0.307 e. The predicted octanol–water partition coefficient (Wildman–Crippen LogP) is 2.71. The topological polar surface area (TPSA) is 63.6 Å². The second-order valence-electron chi connectivity index (χ2n) is 5.84. The van der Waals surface area contributed by atoms with Crippen molar-refractivity contribution in [2.45, 2.75) is 53.6 Å². The molecule has 4 nitrogen and oxygen atoms in total. The molecule has 0 aromatic carbocycles. The van der Waals surface area contributed by atoms with Crippen molar-refractivity contribution >= 4 is 11.9 Å². The quantitative estimate of drug-likeness (QED) is 0.755. The van der Waals surface area contributed by atoms with Gasteiger partial charge in [0.15, 0.2) is 0 Å². The molecule has 0 aliphatic heterocycles. The van der Waals surface area contributed by atoms with E-state index in [0.29, 0.717) is 0 Å². The number of hydrogen-bond acceptors (Lipinski definition) is 3. The third kappa shape index (κ3) is 6.29. The molecule has 4 heteroatoms. The number of carbonyl (C=O) groups is 2. The van der Waals surface area contributed by atoms with Crippen LogP contribution in [0.4, 0.5) is 0 Å². The van der Waals surface area contributed by atoms with Gasteiger partial charge in [-0.15, -0.1) is 0 Å². The fourth-order valence-corrected chi connectivity index (χ4v) is 1.53. The first-order valence-corrected chi connectivity index (χ1v) is 5.99. The summed E-state index contributed by atoms with van der Waals surface area (Å²) in [6, 6.07) is 0. The molecule has 0 aliphatic carbocycles. The third-order valence-electron chi connectivity index (χ3n) is 2.81. The van der Waals surface area contributed by atoms with Gasteiger partial charge in [0, 0.05) is 0 Å². The highest BCUT2D eigenvalue weighted by Gasteiger charge is 2.31. The fraction of sp³-hybridized carbons (Fsp3) is 0.846. The molecule has 17 heavy (non-hydrogen) atoms. The van der Waals surface area contributed by atoms with Crippen LogP contribution in [0.2, 0.25) is 0 Å². The number of carbonyl (C=O) groups excluding carboxylic acids is 1. The van der Waals surface area contributed by atoms with Crippen molar-refractivity contribution < 1.29 is 19.4 Å². The summed E-state index contributed by atoms with van der Waals surface area (Å²) in [5.74, 6) is -1.89. The fourth-order valence-electron chi connectivity index (χ4n) is 1.53. The van der Waals surface area contributed by atoms with Crippen molar-refractivity contribution in [3.8, 4) is 0 Å². The second kappa shape index (κ2) is 6.03. The summed E-state index contributed by atoms with van der Waals surface area (Å²) in [7, 11) is 0. The van der Waals surface area contributed by atoms with Gasteiger partial charge in [-0.05, 0) is 32.6 Å². The van der Waals surface area contributed by atoms with Gasteiger partial charge in [0.25, 0.3) is 0 Å². The lowest BCUT2D eigenvalue weighted by atomic mass is 9.83. The molecule has 0 aromatic heterocycles. The summed E-state index contributed by atoms with van der Waals surface area (Å²) < 4.78 is 5.15. The van der Waals surface area contributed by atoms with Gasteiger partial charge in [-0.3, -0.25) is 9.59 Å². The Kier molecular flexibility index (Phi) is 5.66. The molecule has 0 fully saturated rings. The Balaban J connectivity index is 4.57. The van der Waals surface area contributed by atoms with Gasteiger partial charge >= 0.3 is 11.9 Å². The minimum absolute atomic E-state index is 0.0555. The van der Waals surface area contributed by atoms with E-state index in [1.807, 2.05) is 20.8 Å². The lowest BCUT2D eigenvalue weighted by molar-refractivity contribution is -0.161. The summed E-state index contributed by atoms with van der Waals surface area (Å²) in [5.41, 5.74) is -0.568. The number of ether oxygens (including phenoxy) is 1. The summed E-state index contributed by atoms with van der Waals surface area (Å²) in [6.07, 6.45) is -0.0635. The molecule has 0 amide bonds. The monoisotopic (exact) mass is 244 g/mol. The summed E-state index contributed by atoms with van der Waals surface area (Å²) in [6.45, 7) is 11.1. The van der Waals surface area contributed by atoms with Crippen LogP contribution in [0, 0.1) is 17.8 Å². The Morgan fingerprint density at radius 3 is 1.94 bits per heavy atom. The number of aliphatic carboxylic acids is 1. The van der Waals surface area contributed by atoms with Crippen LogP contribution in [0.15, 0.2) is 0 Å². The Hall–Kier alpha value is -1.06. The average molecular weight is 244 g/mol. The van der Waals surface area contributed by atoms with Crippen molar-refractivity contribution in [2.24, 2.45) is 17.8 Å². The van der Waals surface area contributed by atoms with E-state index < -0.39 is 23.5 Å². The zero-order valence-electron chi connectivity index (χ0n) is 11.6. The van der Waals surface area contributed by atoms with E-state index in [-0.39, 0.29) is 18.3 Å². The largest absolute Gasteiger partial charge is 0.481 e. The standard InChI is InChI=1S/C13H24O4/c1-8(2)9(3)10(12(15)16)7-11(14)17-13(4,5)6/h8-10H,7H2,1-6H3,(H,15,16)/t9-,10+/m0/s1. The van der Waals surface area contributed by atoms with Crippen LogP contribution in [0.5, 0.6) is 0 Å². The van der Waals surface area contributed by atoms with Gasteiger partial charge < -0.3 is 9.84 Å². The maximum absolute atomic E-state index is 11.6. The molecule has 0 bridgehead atoms. The SMILES string of the molecule is CC(C)[C@H](C)[C@@H](CC(=O)OC(C)(C)C)C(=O)O. The van der Waals surface area contributed by atoms with Crippen molar-refractivity contribution in [1.82, 2.24) is 0 Å². The van der Waals surface area contributed by atoms with Crippen molar-refractivity contribution in [3.05, 3.63) is 0 Å². The summed E-state index contributed by atoms with van der Waals surface area (Å²) in [5, 5.41) is 9.13. The molecule has 0 saturated carbocycles. The minimum atomic E-state index is -0.933. The zero-order chi connectivity index (χ0) is 13.8. The highest BCUT2D eigenvalue weighted by atomic mass is 16.6. The van der Waals surface area contributed by atoms with E-state index in [2.05, 4.69) is 0 Å². The van der Waals surface area contributed by atoms with Crippen molar-refractivity contribution in [2.75, 3.05) is 0 Å². The van der Waals surface area contributed by atoms with E-state index in [9.17, 15) is 9.59 Å². The highest BCUT2D eigenvalue weighted by molar-refractivity contribution is 5.79. The molecule has 0 spiro atoms. The van der Waals surface area contributed by atoms with Gasteiger partial charge in [-0.1, -0.05) is 20.8 Å². The lowest BCUT2D eigenvalue weighted by Gasteiger charge is -2.25. The lowest BCUT2D eigenvalue weighted by Crippen LogP contribution is -2.31. The maximum Gasteiger partial charge on any atom is 0.307 e.